The van der Waals surface area contributed by atoms with Crippen LogP contribution in [0.25, 0.3) is 11.0 Å². The zero-order valence-corrected chi connectivity index (χ0v) is 12.2. The fourth-order valence-corrected chi connectivity index (χ4v) is 1.95. The second-order valence-electron chi connectivity index (χ2n) is 5.75. The number of hydrogen-bond donors (Lipinski definition) is 1. The lowest BCUT2D eigenvalue weighted by Crippen LogP contribution is -2.36. The van der Waals surface area contributed by atoms with Crippen LogP contribution >= 0.6 is 0 Å². The Morgan fingerprint density at radius 1 is 1.30 bits per heavy atom. The van der Waals surface area contributed by atoms with Crippen molar-refractivity contribution in [2.24, 2.45) is 0 Å². The van der Waals surface area contributed by atoms with Gasteiger partial charge >= 0.3 is 0 Å². The van der Waals surface area contributed by atoms with Gasteiger partial charge in [0, 0.05) is 5.54 Å². The molecule has 1 aromatic carbocycles. The lowest BCUT2D eigenvalue weighted by Gasteiger charge is -2.20. The summed E-state index contributed by atoms with van der Waals surface area (Å²) in [5.74, 6) is 0.800. The Labute approximate surface area is 119 Å². The highest BCUT2D eigenvalue weighted by atomic mass is 16.5. The summed E-state index contributed by atoms with van der Waals surface area (Å²) < 4.78 is 11.2. The number of rotatable bonds is 5. The van der Waals surface area contributed by atoms with E-state index in [1.807, 2.05) is 30.3 Å². The average Bonchev–Trinajstić information content (AvgIpc) is 2.75. The van der Waals surface area contributed by atoms with Crippen molar-refractivity contribution in [1.29, 1.82) is 5.26 Å². The number of furan rings is 1. The van der Waals surface area contributed by atoms with E-state index in [9.17, 15) is 0 Å². The molecular weight excluding hydrogens is 252 g/mol. The summed E-state index contributed by atoms with van der Waals surface area (Å²) in [7, 11) is 0. The Bertz CT molecular complexity index is 617. The van der Waals surface area contributed by atoms with E-state index in [4.69, 9.17) is 14.4 Å². The van der Waals surface area contributed by atoms with Gasteiger partial charge in [-0.1, -0.05) is 12.1 Å². The van der Waals surface area contributed by atoms with Gasteiger partial charge < -0.3 is 14.5 Å². The molecule has 1 aromatic heterocycles. The third kappa shape index (κ3) is 3.52. The molecule has 0 fully saturated rings. The first-order valence-electron chi connectivity index (χ1n) is 6.81. The van der Waals surface area contributed by atoms with E-state index in [0.717, 1.165) is 18.4 Å². The summed E-state index contributed by atoms with van der Waals surface area (Å²) in [6.07, 6.45) is 0.877. The number of hydrogen-bond acceptors (Lipinski definition) is 4. The van der Waals surface area contributed by atoms with Crippen LogP contribution in [0, 0.1) is 11.3 Å². The van der Waals surface area contributed by atoms with E-state index in [2.05, 4.69) is 26.1 Å². The first kappa shape index (κ1) is 14.4. The van der Waals surface area contributed by atoms with Gasteiger partial charge in [-0.2, -0.15) is 5.26 Å². The van der Waals surface area contributed by atoms with E-state index in [-0.39, 0.29) is 11.3 Å². The van der Waals surface area contributed by atoms with Crippen LogP contribution in [0.5, 0.6) is 5.75 Å². The smallest absolute Gasteiger partial charge is 0.246 e. The minimum Gasteiger partial charge on any atom is -0.488 e. The van der Waals surface area contributed by atoms with Crippen LogP contribution in [0.3, 0.4) is 0 Å². The monoisotopic (exact) mass is 272 g/mol. The SMILES string of the molecule is CC(C)(C)NCCCOc1c(C#N)oc2ccccc12. The molecule has 0 amide bonds. The maximum Gasteiger partial charge on any atom is 0.246 e. The number of fused-ring (bicyclic) bond motifs is 1. The topological polar surface area (TPSA) is 58.2 Å². The third-order valence-corrected chi connectivity index (χ3v) is 2.87. The van der Waals surface area contributed by atoms with Gasteiger partial charge in [-0.05, 0) is 45.9 Å². The Hall–Kier alpha value is -1.99. The summed E-state index contributed by atoms with van der Waals surface area (Å²) in [5.41, 5.74) is 0.798. The number of ether oxygens (including phenoxy) is 1. The Morgan fingerprint density at radius 2 is 2.05 bits per heavy atom. The maximum absolute atomic E-state index is 9.09. The lowest BCUT2D eigenvalue weighted by molar-refractivity contribution is 0.296. The first-order chi connectivity index (χ1) is 9.51. The van der Waals surface area contributed by atoms with Crippen LogP contribution in [0.1, 0.15) is 33.0 Å². The fourth-order valence-electron chi connectivity index (χ4n) is 1.95. The summed E-state index contributed by atoms with van der Waals surface area (Å²) in [5, 5.41) is 13.3. The zero-order valence-electron chi connectivity index (χ0n) is 12.2. The molecule has 0 unspecified atom stereocenters. The first-order valence-corrected chi connectivity index (χ1v) is 6.81. The summed E-state index contributed by atoms with van der Waals surface area (Å²) in [4.78, 5) is 0. The molecule has 0 spiro atoms. The van der Waals surface area contributed by atoms with Crippen LogP contribution in [-0.4, -0.2) is 18.7 Å². The van der Waals surface area contributed by atoms with Crippen molar-refractivity contribution in [3.63, 3.8) is 0 Å². The molecule has 0 bridgehead atoms. The molecule has 0 aliphatic heterocycles. The molecule has 0 atom stereocenters. The molecule has 20 heavy (non-hydrogen) atoms. The molecule has 0 radical (unpaired) electrons. The number of nitriles is 1. The van der Waals surface area contributed by atoms with E-state index in [1.54, 1.807) is 0 Å². The molecule has 1 heterocycles. The van der Waals surface area contributed by atoms with E-state index in [1.165, 1.54) is 0 Å². The van der Waals surface area contributed by atoms with Crippen LogP contribution < -0.4 is 10.1 Å². The molecule has 0 aliphatic carbocycles. The Morgan fingerprint density at radius 3 is 2.75 bits per heavy atom. The zero-order chi connectivity index (χ0) is 14.6. The number of nitrogens with one attached hydrogen (secondary N) is 1. The fraction of sp³-hybridized carbons (Fsp3) is 0.438. The van der Waals surface area contributed by atoms with Crippen molar-refractivity contribution in [2.45, 2.75) is 32.7 Å². The van der Waals surface area contributed by atoms with Crippen LogP contribution in [0.4, 0.5) is 0 Å². The molecule has 0 saturated heterocycles. The molecule has 4 heteroatoms. The minimum atomic E-state index is 0.111. The van der Waals surface area contributed by atoms with Gasteiger partial charge in [0.05, 0.1) is 12.0 Å². The molecule has 2 rings (SSSR count). The normalized spacial score (nSPS) is 11.5. The van der Waals surface area contributed by atoms with Crippen molar-refractivity contribution in [1.82, 2.24) is 5.32 Å². The largest absolute Gasteiger partial charge is 0.488 e. The molecule has 1 N–H and O–H groups in total. The van der Waals surface area contributed by atoms with Gasteiger partial charge in [0.2, 0.25) is 5.76 Å². The van der Waals surface area contributed by atoms with Crippen molar-refractivity contribution < 1.29 is 9.15 Å². The van der Waals surface area contributed by atoms with E-state index < -0.39 is 0 Å². The number of benzene rings is 1. The van der Waals surface area contributed by atoms with Gasteiger partial charge in [-0.25, -0.2) is 0 Å². The highest BCUT2D eigenvalue weighted by Gasteiger charge is 2.15. The highest BCUT2D eigenvalue weighted by Crippen LogP contribution is 2.32. The summed E-state index contributed by atoms with van der Waals surface area (Å²) in [6, 6.07) is 9.57. The second-order valence-corrected chi connectivity index (χ2v) is 5.75. The Balaban J connectivity index is 1.98. The highest BCUT2D eigenvalue weighted by molar-refractivity contribution is 5.86. The quantitative estimate of drug-likeness (QED) is 0.847. The van der Waals surface area contributed by atoms with Crippen molar-refractivity contribution in [2.75, 3.05) is 13.2 Å². The number of nitrogens with zero attached hydrogens (tertiary/aromatic N) is 1. The number of para-hydroxylation sites is 1. The maximum atomic E-state index is 9.09. The standard InChI is InChI=1S/C16H20N2O2/c1-16(2,3)18-9-6-10-19-15-12-7-4-5-8-13(12)20-14(15)11-17/h4-5,7-8,18H,6,9-10H2,1-3H3. The summed E-state index contributed by atoms with van der Waals surface area (Å²) in [6.45, 7) is 7.82. The van der Waals surface area contributed by atoms with E-state index in [0.29, 0.717) is 17.9 Å². The molecular formula is C16H20N2O2. The van der Waals surface area contributed by atoms with Crippen LogP contribution in [0.2, 0.25) is 0 Å². The van der Waals surface area contributed by atoms with Gasteiger partial charge in [-0.3, -0.25) is 0 Å². The second kappa shape index (κ2) is 5.98. The van der Waals surface area contributed by atoms with E-state index >= 15 is 0 Å². The third-order valence-electron chi connectivity index (χ3n) is 2.87. The van der Waals surface area contributed by atoms with Crippen LogP contribution in [-0.2, 0) is 0 Å². The average molecular weight is 272 g/mol. The molecule has 2 aromatic rings. The lowest BCUT2D eigenvalue weighted by atomic mass is 10.1. The molecule has 0 aliphatic rings. The van der Waals surface area contributed by atoms with Gasteiger partial charge in [0.1, 0.15) is 11.7 Å². The van der Waals surface area contributed by atoms with Crippen molar-refractivity contribution in [3.8, 4) is 11.8 Å². The summed E-state index contributed by atoms with van der Waals surface area (Å²) >= 11 is 0. The predicted molar refractivity (Wildman–Crippen MR) is 78.8 cm³/mol. The predicted octanol–water partition coefficient (Wildman–Crippen LogP) is 3.46. The van der Waals surface area contributed by atoms with Crippen molar-refractivity contribution >= 4 is 11.0 Å². The molecule has 0 saturated carbocycles. The van der Waals surface area contributed by atoms with Gasteiger partial charge in [0.25, 0.3) is 0 Å². The van der Waals surface area contributed by atoms with Gasteiger partial charge in [-0.15, -0.1) is 0 Å². The minimum absolute atomic E-state index is 0.111. The van der Waals surface area contributed by atoms with Crippen molar-refractivity contribution in [3.05, 3.63) is 30.0 Å². The molecule has 4 nitrogen and oxygen atoms in total. The molecule has 106 valence electrons. The Kier molecular flexibility index (Phi) is 4.31. The van der Waals surface area contributed by atoms with Crippen LogP contribution in [0.15, 0.2) is 28.7 Å². The van der Waals surface area contributed by atoms with Gasteiger partial charge in [0.15, 0.2) is 5.75 Å².